The number of imidazole rings is 1. The maximum absolute atomic E-state index is 4.51. The highest BCUT2D eigenvalue weighted by Crippen LogP contribution is 2.31. The van der Waals surface area contributed by atoms with Gasteiger partial charge in [-0.15, -0.1) is 11.3 Å². The molecule has 2 atom stereocenters. The first-order valence-corrected chi connectivity index (χ1v) is 10.6. The van der Waals surface area contributed by atoms with Gasteiger partial charge in [0.2, 0.25) is 0 Å². The number of nitrogens with zero attached hydrogens (tertiary/aromatic N) is 4. The summed E-state index contributed by atoms with van der Waals surface area (Å²) in [5.41, 5.74) is 3.88. The summed E-state index contributed by atoms with van der Waals surface area (Å²) in [6.45, 7) is 8.93. The predicted molar refractivity (Wildman–Crippen MR) is 107 cm³/mol. The Labute approximate surface area is 161 Å². The molecule has 142 valence electrons. The van der Waals surface area contributed by atoms with E-state index in [1.807, 2.05) is 17.7 Å². The number of H-pyrrole nitrogens is 1. The summed E-state index contributed by atoms with van der Waals surface area (Å²) in [5, 5.41) is 2.33. The summed E-state index contributed by atoms with van der Waals surface area (Å²) in [5.74, 6) is 0.800. The zero-order chi connectivity index (χ0) is 18.1. The van der Waals surface area contributed by atoms with Crippen molar-refractivity contribution in [3.63, 3.8) is 0 Å². The SMILES string of the molecule is Cc1[nH]cnc1CN1C[C@@H]2CC[C@H](C1)N(Cc1cc(CN(C)C)cs1)C2. The van der Waals surface area contributed by atoms with E-state index in [1.165, 1.54) is 54.3 Å². The number of aromatic amines is 1. The lowest BCUT2D eigenvalue weighted by atomic mass is 9.95. The highest BCUT2D eigenvalue weighted by Gasteiger charge is 2.35. The third-order valence-electron chi connectivity index (χ3n) is 5.78. The molecule has 1 N–H and O–H groups in total. The van der Waals surface area contributed by atoms with Gasteiger partial charge in [0.25, 0.3) is 0 Å². The van der Waals surface area contributed by atoms with Gasteiger partial charge in [-0.1, -0.05) is 0 Å². The number of fused-ring (bicyclic) bond motifs is 4. The van der Waals surface area contributed by atoms with E-state index in [0.29, 0.717) is 6.04 Å². The van der Waals surface area contributed by atoms with Crippen LogP contribution in [0.3, 0.4) is 0 Å². The van der Waals surface area contributed by atoms with Gasteiger partial charge in [-0.2, -0.15) is 0 Å². The first kappa shape index (κ1) is 18.2. The van der Waals surface area contributed by atoms with Crippen molar-refractivity contribution < 1.29 is 0 Å². The molecule has 5 nitrogen and oxygen atoms in total. The fraction of sp³-hybridized carbons (Fsp3) is 0.650. The van der Waals surface area contributed by atoms with Gasteiger partial charge in [0.1, 0.15) is 0 Å². The summed E-state index contributed by atoms with van der Waals surface area (Å²) in [6, 6.07) is 3.10. The second-order valence-corrected chi connectivity index (χ2v) is 9.35. The Bertz CT molecular complexity index is 721. The molecule has 3 fully saturated rings. The molecule has 26 heavy (non-hydrogen) atoms. The minimum absolute atomic E-state index is 0.687. The van der Waals surface area contributed by atoms with Crippen LogP contribution in [0.15, 0.2) is 17.8 Å². The second-order valence-electron chi connectivity index (χ2n) is 8.35. The maximum Gasteiger partial charge on any atom is 0.0925 e. The molecule has 3 aliphatic heterocycles. The van der Waals surface area contributed by atoms with Gasteiger partial charge in [0.05, 0.1) is 12.0 Å². The average Bonchev–Trinajstić information content (AvgIpc) is 3.08. The van der Waals surface area contributed by atoms with Gasteiger partial charge in [-0.3, -0.25) is 9.80 Å². The zero-order valence-electron chi connectivity index (χ0n) is 16.2. The van der Waals surface area contributed by atoms with Crippen LogP contribution in [-0.4, -0.2) is 64.4 Å². The highest BCUT2D eigenvalue weighted by molar-refractivity contribution is 7.10. The van der Waals surface area contributed by atoms with Crippen molar-refractivity contribution in [2.24, 2.45) is 5.92 Å². The van der Waals surface area contributed by atoms with Crippen molar-refractivity contribution in [2.75, 3.05) is 33.7 Å². The Balaban J connectivity index is 1.40. The van der Waals surface area contributed by atoms with Gasteiger partial charge < -0.3 is 9.88 Å². The quantitative estimate of drug-likeness (QED) is 0.845. The van der Waals surface area contributed by atoms with Crippen LogP contribution in [-0.2, 0) is 19.6 Å². The standard InChI is InChI=1S/C20H31N5S/c1-15-20(22-14-21-15)12-24-8-16-4-5-18(10-24)25(9-16)11-19-6-17(13-26-19)7-23(2)3/h6,13-14,16,18H,4-5,7-12H2,1-3H3,(H,21,22)/t16-,18+/m0/s1. The van der Waals surface area contributed by atoms with Gasteiger partial charge in [0.15, 0.2) is 0 Å². The number of hydrogen-bond donors (Lipinski definition) is 1. The Morgan fingerprint density at radius 3 is 2.88 bits per heavy atom. The first-order valence-electron chi connectivity index (χ1n) is 9.73. The molecular formula is C20H31N5S. The van der Waals surface area contributed by atoms with Crippen LogP contribution in [0.5, 0.6) is 0 Å². The lowest BCUT2D eigenvalue weighted by Gasteiger charge is -2.35. The molecule has 5 rings (SSSR count). The summed E-state index contributed by atoms with van der Waals surface area (Å²) >= 11 is 1.93. The van der Waals surface area contributed by atoms with Crippen molar-refractivity contribution in [3.05, 3.63) is 39.6 Å². The maximum atomic E-state index is 4.51. The van der Waals surface area contributed by atoms with E-state index in [2.05, 4.69) is 57.1 Å². The Hall–Kier alpha value is -1.21. The molecule has 0 amide bonds. The second kappa shape index (κ2) is 7.80. The number of nitrogens with one attached hydrogen (secondary N) is 1. The van der Waals surface area contributed by atoms with E-state index in [-0.39, 0.29) is 0 Å². The van der Waals surface area contributed by atoms with E-state index in [1.54, 1.807) is 0 Å². The minimum Gasteiger partial charge on any atom is -0.348 e. The smallest absolute Gasteiger partial charge is 0.0925 e. The van der Waals surface area contributed by atoms with Crippen LogP contribution in [0.1, 0.15) is 34.7 Å². The lowest BCUT2D eigenvalue weighted by Crippen LogP contribution is -2.43. The number of thiophene rings is 1. The van der Waals surface area contributed by atoms with Crippen molar-refractivity contribution in [3.8, 4) is 0 Å². The van der Waals surface area contributed by atoms with Crippen LogP contribution in [0.2, 0.25) is 0 Å². The number of aryl methyl sites for hydroxylation is 1. The van der Waals surface area contributed by atoms with Crippen molar-refractivity contribution >= 4 is 11.3 Å². The number of rotatable bonds is 6. The van der Waals surface area contributed by atoms with Crippen LogP contribution < -0.4 is 0 Å². The van der Waals surface area contributed by atoms with Crippen LogP contribution in [0.4, 0.5) is 0 Å². The third-order valence-corrected chi connectivity index (χ3v) is 6.75. The highest BCUT2D eigenvalue weighted by atomic mass is 32.1. The van der Waals surface area contributed by atoms with E-state index in [0.717, 1.165) is 25.6 Å². The number of hydrogen-bond acceptors (Lipinski definition) is 5. The largest absolute Gasteiger partial charge is 0.348 e. The topological polar surface area (TPSA) is 38.4 Å². The lowest BCUT2D eigenvalue weighted by molar-refractivity contribution is 0.124. The van der Waals surface area contributed by atoms with Gasteiger partial charge in [-0.25, -0.2) is 4.98 Å². The fourth-order valence-electron chi connectivity index (χ4n) is 4.51. The molecule has 2 aromatic rings. The molecule has 0 saturated carbocycles. The molecular weight excluding hydrogens is 342 g/mol. The minimum atomic E-state index is 0.687. The Morgan fingerprint density at radius 1 is 1.23 bits per heavy atom. The summed E-state index contributed by atoms with van der Waals surface area (Å²) in [7, 11) is 4.28. The van der Waals surface area contributed by atoms with E-state index < -0.39 is 0 Å². The molecule has 3 aliphatic rings. The molecule has 2 bridgehead atoms. The van der Waals surface area contributed by atoms with Crippen LogP contribution in [0.25, 0.3) is 0 Å². The van der Waals surface area contributed by atoms with Crippen molar-refractivity contribution in [1.82, 2.24) is 24.7 Å². The molecule has 0 aromatic carbocycles. The normalized spacial score (nSPS) is 24.5. The van der Waals surface area contributed by atoms with Crippen molar-refractivity contribution in [2.45, 2.75) is 45.4 Å². The molecule has 0 spiro atoms. The molecule has 3 saturated heterocycles. The summed E-state index contributed by atoms with van der Waals surface area (Å²) in [6.07, 6.45) is 4.55. The Morgan fingerprint density at radius 2 is 2.12 bits per heavy atom. The van der Waals surface area contributed by atoms with Crippen LogP contribution >= 0.6 is 11.3 Å². The molecule has 0 aliphatic carbocycles. The summed E-state index contributed by atoms with van der Waals surface area (Å²) in [4.78, 5) is 16.9. The van der Waals surface area contributed by atoms with E-state index in [4.69, 9.17) is 0 Å². The van der Waals surface area contributed by atoms with E-state index in [9.17, 15) is 0 Å². The predicted octanol–water partition coefficient (Wildman–Crippen LogP) is 2.94. The van der Waals surface area contributed by atoms with Crippen LogP contribution in [0, 0.1) is 12.8 Å². The van der Waals surface area contributed by atoms with Crippen molar-refractivity contribution in [1.29, 1.82) is 0 Å². The van der Waals surface area contributed by atoms with E-state index >= 15 is 0 Å². The zero-order valence-corrected chi connectivity index (χ0v) is 17.1. The number of piperidine rings is 1. The molecule has 5 heterocycles. The fourth-order valence-corrected chi connectivity index (χ4v) is 5.42. The molecule has 6 heteroatoms. The molecule has 2 aromatic heterocycles. The first-order chi connectivity index (χ1) is 12.6. The third kappa shape index (κ3) is 4.19. The number of aromatic nitrogens is 2. The molecule has 0 radical (unpaired) electrons. The monoisotopic (exact) mass is 373 g/mol. The van der Waals surface area contributed by atoms with Gasteiger partial charge >= 0.3 is 0 Å². The van der Waals surface area contributed by atoms with Gasteiger partial charge in [0, 0.05) is 55.9 Å². The molecule has 0 unspecified atom stereocenters. The van der Waals surface area contributed by atoms with Gasteiger partial charge in [-0.05, 0) is 56.8 Å². The average molecular weight is 374 g/mol. The Kier molecular flexibility index (Phi) is 5.45. The summed E-state index contributed by atoms with van der Waals surface area (Å²) < 4.78 is 0.